The number of hydrogen-bond donors (Lipinski definition) is 0. The van der Waals surface area contributed by atoms with Crippen LogP contribution in [0.2, 0.25) is 0 Å². The van der Waals surface area contributed by atoms with E-state index in [9.17, 15) is 4.79 Å². The monoisotopic (exact) mass is 469 g/mol. The summed E-state index contributed by atoms with van der Waals surface area (Å²) in [6.07, 6.45) is 3.94. The van der Waals surface area contributed by atoms with Gasteiger partial charge >= 0.3 is 0 Å². The number of carbonyl (C=O) groups excluding carboxylic acids is 1. The van der Waals surface area contributed by atoms with Crippen LogP contribution >= 0.6 is 24.0 Å². The van der Waals surface area contributed by atoms with Gasteiger partial charge in [-0.2, -0.15) is 0 Å². The van der Waals surface area contributed by atoms with Crippen molar-refractivity contribution in [2.45, 2.75) is 39.4 Å². The summed E-state index contributed by atoms with van der Waals surface area (Å²) in [5.74, 6) is 1.27. The summed E-state index contributed by atoms with van der Waals surface area (Å²) >= 11 is 6.78. The van der Waals surface area contributed by atoms with Crippen LogP contribution in [-0.2, 0) is 16.1 Å². The maximum atomic E-state index is 12.9. The fourth-order valence-corrected chi connectivity index (χ4v) is 4.92. The predicted molar refractivity (Wildman–Crippen MR) is 132 cm³/mol. The molecule has 2 aromatic carbocycles. The van der Waals surface area contributed by atoms with Crippen molar-refractivity contribution in [1.29, 1.82) is 0 Å². The van der Waals surface area contributed by atoms with Gasteiger partial charge in [0, 0.05) is 6.61 Å². The van der Waals surface area contributed by atoms with Crippen molar-refractivity contribution in [1.82, 2.24) is 4.90 Å². The summed E-state index contributed by atoms with van der Waals surface area (Å²) in [5, 5.41) is 0. The van der Waals surface area contributed by atoms with Crippen molar-refractivity contribution in [3.8, 4) is 11.5 Å². The van der Waals surface area contributed by atoms with Crippen LogP contribution in [0.15, 0.2) is 47.4 Å². The van der Waals surface area contributed by atoms with Crippen LogP contribution in [0.5, 0.6) is 11.5 Å². The molecule has 2 fully saturated rings. The molecule has 2 aromatic rings. The topological polar surface area (TPSA) is 48.0 Å². The molecule has 2 aliphatic heterocycles. The third-order valence-corrected chi connectivity index (χ3v) is 6.74. The first-order valence-corrected chi connectivity index (χ1v) is 12.1. The Morgan fingerprint density at radius 3 is 2.72 bits per heavy atom. The third kappa shape index (κ3) is 5.52. The molecule has 0 N–H and O–H groups in total. The van der Waals surface area contributed by atoms with Crippen LogP contribution < -0.4 is 9.47 Å². The number of aryl methyl sites for hydroxylation is 1. The smallest absolute Gasteiger partial charge is 0.266 e. The quantitative estimate of drug-likeness (QED) is 0.384. The van der Waals surface area contributed by atoms with Crippen LogP contribution in [0.3, 0.4) is 0 Å². The van der Waals surface area contributed by atoms with Crippen LogP contribution in [-0.4, -0.2) is 41.0 Å². The SMILES string of the molecule is CCOc1cc(/C=C2/SC(=S)N(C[C@@H]3CCCO3)C2=O)ccc1OCc1ccc(C)cc1. The summed E-state index contributed by atoms with van der Waals surface area (Å²) < 4.78 is 18.1. The Balaban J connectivity index is 1.47. The van der Waals surface area contributed by atoms with Gasteiger partial charge in [-0.05, 0) is 56.0 Å². The minimum absolute atomic E-state index is 0.0619. The molecular weight excluding hydrogens is 442 g/mol. The minimum atomic E-state index is -0.0619. The molecule has 1 amide bonds. The molecule has 0 saturated carbocycles. The Morgan fingerprint density at radius 2 is 2.00 bits per heavy atom. The van der Waals surface area contributed by atoms with Crippen molar-refractivity contribution in [2.75, 3.05) is 19.8 Å². The fourth-order valence-electron chi connectivity index (χ4n) is 3.65. The van der Waals surface area contributed by atoms with Crippen LogP contribution in [0.4, 0.5) is 0 Å². The highest BCUT2D eigenvalue weighted by Gasteiger charge is 2.34. The fraction of sp³-hybridized carbons (Fsp3) is 0.360. The molecule has 0 radical (unpaired) electrons. The highest BCUT2D eigenvalue weighted by Crippen LogP contribution is 2.35. The lowest BCUT2D eigenvalue weighted by Gasteiger charge is -2.18. The molecule has 0 spiro atoms. The van der Waals surface area contributed by atoms with Crippen LogP contribution in [0.25, 0.3) is 6.08 Å². The van der Waals surface area contributed by atoms with Crippen molar-refractivity contribution in [2.24, 2.45) is 0 Å². The van der Waals surface area contributed by atoms with Gasteiger partial charge in [-0.1, -0.05) is 59.9 Å². The highest BCUT2D eigenvalue weighted by atomic mass is 32.2. The second-order valence-electron chi connectivity index (χ2n) is 7.84. The normalized spacial score (nSPS) is 19.8. The number of nitrogens with zero attached hydrogens (tertiary/aromatic N) is 1. The first-order chi connectivity index (χ1) is 15.5. The Bertz CT molecular complexity index is 1010. The van der Waals surface area contributed by atoms with E-state index >= 15 is 0 Å². The number of thioether (sulfide) groups is 1. The molecule has 0 aromatic heterocycles. The molecule has 7 heteroatoms. The molecule has 168 valence electrons. The molecule has 2 heterocycles. The zero-order chi connectivity index (χ0) is 22.5. The Kier molecular flexibility index (Phi) is 7.50. The molecule has 0 bridgehead atoms. The molecule has 5 nitrogen and oxygen atoms in total. The van der Waals surface area contributed by atoms with Crippen LogP contribution in [0.1, 0.15) is 36.5 Å². The van der Waals surface area contributed by atoms with Gasteiger partial charge in [-0.25, -0.2) is 0 Å². The lowest BCUT2D eigenvalue weighted by molar-refractivity contribution is -0.123. The average Bonchev–Trinajstić information content (AvgIpc) is 3.39. The first-order valence-electron chi connectivity index (χ1n) is 10.9. The molecule has 2 aliphatic rings. The lowest BCUT2D eigenvalue weighted by atomic mass is 10.1. The van der Waals surface area contributed by atoms with E-state index in [0.29, 0.717) is 40.5 Å². The van der Waals surface area contributed by atoms with Crippen molar-refractivity contribution in [3.63, 3.8) is 0 Å². The molecular formula is C25H27NO4S2. The number of amides is 1. The summed E-state index contributed by atoms with van der Waals surface area (Å²) in [7, 11) is 0. The van der Waals surface area contributed by atoms with Gasteiger partial charge < -0.3 is 14.2 Å². The van der Waals surface area contributed by atoms with Gasteiger partial charge in [0.15, 0.2) is 11.5 Å². The van der Waals surface area contributed by atoms with Gasteiger partial charge in [-0.3, -0.25) is 9.69 Å². The second-order valence-corrected chi connectivity index (χ2v) is 9.52. The van der Waals surface area contributed by atoms with Gasteiger partial charge in [0.1, 0.15) is 10.9 Å². The maximum Gasteiger partial charge on any atom is 0.266 e. The standard InChI is InChI=1S/C25H27NO4S2/c1-3-28-22-13-19(10-11-21(22)30-16-18-8-6-17(2)7-9-18)14-23-24(27)26(25(31)32-23)15-20-5-4-12-29-20/h6-11,13-14,20H,3-5,12,15-16H2,1-2H3/b23-14+/t20-/m0/s1. The molecule has 2 saturated heterocycles. The summed E-state index contributed by atoms with van der Waals surface area (Å²) in [6.45, 7) is 6.26. The third-order valence-electron chi connectivity index (χ3n) is 5.36. The van der Waals surface area contributed by atoms with Gasteiger partial charge in [0.25, 0.3) is 5.91 Å². The molecule has 0 aliphatic carbocycles. The Hall–Kier alpha value is -2.35. The number of ether oxygens (including phenoxy) is 3. The van der Waals surface area contributed by atoms with E-state index in [1.54, 1.807) is 4.90 Å². The lowest BCUT2D eigenvalue weighted by Crippen LogP contribution is -2.35. The van der Waals surface area contributed by atoms with E-state index in [2.05, 4.69) is 31.2 Å². The number of carbonyl (C=O) groups is 1. The number of benzene rings is 2. The molecule has 32 heavy (non-hydrogen) atoms. The Labute approximate surface area is 198 Å². The van der Waals surface area contributed by atoms with E-state index in [0.717, 1.165) is 30.6 Å². The first kappa shape index (κ1) is 22.8. The molecule has 4 rings (SSSR count). The van der Waals surface area contributed by atoms with E-state index in [1.807, 2.05) is 31.2 Å². The summed E-state index contributed by atoms with van der Waals surface area (Å²) in [5.41, 5.74) is 3.18. The van der Waals surface area contributed by atoms with Gasteiger partial charge in [0.05, 0.1) is 24.2 Å². The van der Waals surface area contributed by atoms with E-state index in [4.69, 9.17) is 26.4 Å². The zero-order valence-electron chi connectivity index (χ0n) is 18.3. The van der Waals surface area contributed by atoms with Gasteiger partial charge in [-0.15, -0.1) is 0 Å². The van der Waals surface area contributed by atoms with Crippen molar-refractivity contribution >= 4 is 40.3 Å². The maximum absolute atomic E-state index is 12.9. The average molecular weight is 470 g/mol. The number of hydrogen-bond acceptors (Lipinski definition) is 6. The number of rotatable bonds is 8. The van der Waals surface area contributed by atoms with E-state index < -0.39 is 0 Å². The number of thiocarbonyl (C=S) groups is 1. The van der Waals surface area contributed by atoms with E-state index in [-0.39, 0.29) is 12.0 Å². The van der Waals surface area contributed by atoms with Gasteiger partial charge in [0.2, 0.25) is 0 Å². The predicted octanol–water partition coefficient (Wildman–Crippen LogP) is 5.35. The van der Waals surface area contributed by atoms with Crippen LogP contribution in [0, 0.1) is 6.92 Å². The Morgan fingerprint density at radius 1 is 1.19 bits per heavy atom. The zero-order valence-corrected chi connectivity index (χ0v) is 20.0. The molecule has 0 unspecified atom stereocenters. The minimum Gasteiger partial charge on any atom is -0.490 e. The van der Waals surface area contributed by atoms with E-state index in [1.165, 1.54) is 17.3 Å². The summed E-state index contributed by atoms with van der Waals surface area (Å²) in [6, 6.07) is 14.0. The molecule has 1 atom stereocenters. The van der Waals surface area contributed by atoms with Crippen molar-refractivity contribution in [3.05, 3.63) is 64.1 Å². The van der Waals surface area contributed by atoms with Crippen molar-refractivity contribution < 1.29 is 19.0 Å². The highest BCUT2D eigenvalue weighted by molar-refractivity contribution is 8.26. The second kappa shape index (κ2) is 10.5. The summed E-state index contributed by atoms with van der Waals surface area (Å²) in [4.78, 5) is 15.2. The largest absolute Gasteiger partial charge is 0.490 e.